The van der Waals surface area contributed by atoms with E-state index in [-0.39, 0.29) is 35.7 Å². The maximum absolute atomic E-state index is 13.0. The zero-order valence-corrected chi connectivity index (χ0v) is 20.4. The fourth-order valence-electron chi connectivity index (χ4n) is 3.76. The molecule has 0 spiro atoms. The number of hydrogen-bond acceptors (Lipinski definition) is 7. The fraction of sp³-hybridized carbons (Fsp3) is 0.636. The van der Waals surface area contributed by atoms with Crippen LogP contribution in [0.1, 0.15) is 44.0 Å². The molecule has 0 bridgehead atoms. The Labute approximate surface area is 195 Å². The van der Waals surface area contributed by atoms with Crippen LogP contribution in [0.2, 0.25) is 0 Å². The van der Waals surface area contributed by atoms with Crippen molar-refractivity contribution in [2.45, 2.75) is 50.2 Å². The van der Waals surface area contributed by atoms with Gasteiger partial charge in [-0.1, -0.05) is 0 Å². The van der Waals surface area contributed by atoms with Crippen molar-refractivity contribution in [2.24, 2.45) is 0 Å². The minimum absolute atomic E-state index is 0.0371. The predicted molar refractivity (Wildman–Crippen MR) is 121 cm³/mol. The molecule has 2 saturated heterocycles. The summed E-state index contributed by atoms with van der Waals surface area (Å²) in [7, 11) is -2.32. The molecule has 33 heavy (non-hydrogen) atoms. The highest BCUT2D eigenvalue weighted by Crippen LogP contribution is 2.26. The first-order valence-corrected chi connectivity index (χ1v) is 12.5. The molecular weight excluding hydrogens is 450 g/mol. The van der Waals surface area contributed by atoms with Crippen molar-refractivity contribution in [3.63, 3.8) is 0 Å². The number of methoxy groups -OCH3 is 1. The standard InChI is InChI=1S/C22H33N3O7S/c1-22(2,3)32-21(27)24-9-7-16(8-10-24)23-20(26)18-15-17(5-6-19(18)30-4)33(28,29)25-11-13-31-14-12-25/h5-6,15-16H,7-14H2,1-4H3,(H,23,26). The number of nitrogens with zero attached hydrogens (tertiary/aromatic N) is 2. The average molecular weight is 484 g/mol. The molecule has 1 aromatic carbocycles. The Kier molecular flexibility index (Phi) is 7.86. The first kappa shape index (κ1) is 25.3. The SMILES string of the molecule is COc1ccc(S(=O)(=O)N2CCOCC2)cc1C(=O)NC1CCN(C(=O)OC(C)(C)C)CC1. The van der Waals surface area contributed by atoms with Gasteiger partial charge in [0, 0.05) is 32.2 Å². The molecule has 2 aliphatic heterocycles. The number of morpholine rings is 1. The molecule has 11 heteroatoms. The van der Waals surface area contributed by atoms with Gasteiger partial charge < -0.3 is 24.4 Å². The van der Waals surface area contributed by atoms with Gasteiger partial charge in [0.05, 0.1) is 30.8 Å². The highest BCUT2D eigenvalue weighted by atomic mass is 32.2. The average Bonchev–Trinajstić information content (AvgIpc) is 2.78. The van der Waals surface area contributed by atoms with E-state index in [0.717, 1.165) is 0 Å². The molecule has 0 aliphatic carbocycles. The van der Waals surface area contributed by atoms with Crippen molar-refractivity contribution in [1.82, 2.24) is 14.5 Å². The van der Waals surface area contributed by atoms with E-state index in [9.17, 15) is 18.0 Å². The lowest BCUT2D eigenvalue weighted by atomic mass is 10.0. The molecule has 3 rings (SSSR count). The number of piperidine rings is 1. The van der Waals surface area contributed by atoms with Crippen LogP contribution in [0.5, 0.6) is 5.75 Å². The monoisotopic (exact) mass is 483 g/mol. The zero-order chi connectivity index (χ0) is 24.2. The molecule has 0 atom stereocenters. The maximum atomic E-state index is 13.0. The van der Waals surface area contributed by atoms with E-state index in [1.165, 1.54) is 29.6 Å². The number of carbonyl (C=O) groups excluding carboxylic acids is 2. The second-order valence-corrected chi connectivity index (χ2v) is 11.0. The van der Waals surface area contributed by atoms with Crippen molar-refractivity contribution in [1.29, 1.82) is 0 Å². The minimum atomic E-state index is -3.75. The third kappa shape index (κ3) is 6.36. The number of sulfonamides is 1. The van der Waals surface area contributed by atoms with E-state index in [4.69, 9.17) is 14.2 Å². The first-order chi connectivity index (χ1) is 15.5. The van der Waals surface area contributed by atoms with Crippen LogP contribution in [0.15, 0.2) is 23.1 Å². The van der Waals surface area contributed by atoms with Gasteiger partial charge in [-0.25, -0.2) is 13.2 Å². The summed E-state index contributed by atoms with van der Waals surface area (Å²) in [6.45, 7) is 7.59. The van der Waals surface area contributed by atoms with E-state index in [1.807, 2.05) is 20.8 Å². The molecule has 2 heterocycles. The molecule has 1 N–H and O–H groups in total. The van der Waals surface area contributed by atoms with Crippen LogP contribution in [0.25, 0.3) is 0 Å². The van der Waals surface area contributed by atoms with Gasteiger partial charge in [0.1, 0.15) is 11.4 Å². The number of amides is 2. The highest BCUT2D eigenvalue weighted by Gasteiger charge is 2.30. The Morgan fingerprint density at radius 3 is 2.30 bits per heavy atom. The van der Waals surface area contributed by atoms with Gasteiger partial charge >= 0.3 is 6.09 Å². The number of nitrogens with one attached hydrogen (secondary N) is 1. The molecular formula is C22H33N3O7S. The van der Waals surface area contributed by atoms with Crippen molar-refractivity contribution >= 4 is 22.0 Å². The van der Waals surface area contributed by atoms with Crippen LogP contribution < -0.4 is 10.1 Å². The van der Waals surface area contributed by atoms with E-state index < -0.39 is 21.5 Å². The van der Waals surface area contributed by atoms with Crippen LogP contribution in [0.4, 0.5) is 4.79 Å². The third-order valence-corrected chi connectivity index (χ3v) is 7.40. The largest absolute Gasteiger partial charge is 0.496 e. The lowest BCUT2D eigenvalue weighted by molar-refractivity contribution is 0.0199. The molecule has 0 aromatic heterocycles. The Hall–Kier alpha value is -2.37. The summed E-state index contributed by atoms with van der Waals surface area (Å²) >= 11 is 0. The normalized spacial score (nSPS) is 18.6. The number of hydrogen-bond donors (Lipinski definition) is 1. The second kappa shape index (κ2) is 10.3. The lowest BCUT2D eigenvalue weighted by Gasteiger charge is -2.33. The molecule has 10 nitrogen and oxygen atoms in total. The van der Waals surface area contributed by atoms with Crippen LogP contribution >= 0.6 is 0 Å². The number of carbonyl (C=O) groups is 2. The Bertz CT molecular complexity index is 961. The quantitative estimate of drug-likeness (QED) is 0.680. The molecule has 2 amide bonds. The van der Waals surface area contributed by atoms with Gasteiger partial charge in [-0.15, -0.1) is 0 Å². The molecule has 184 valence electrons. The summed E-state index contributed by atoms with van der Waals surface area (Å²) in [5.41, 5.74) is -0.410. The fourth-order valence-corrected chi connectivity index (χ4v) is 5.19. The summed E-state index contributed by atoms with van der Waals surface area (Å²) in [5.74, 6) is -0.124. The van der Waals surface area contributed by atoms with Crippen LogP contribution in [0.3, 0.4) is 0 Å². The zero-order valence-electron chi connectivity index (χ0n) is 19.6. The molecule has 2 aliphatic rings. The van der Waals surface area contributed by atoms with Gasteiger partial charge in [0.2, 0.25) is 10.0 Å². The van der Waals surface area contributed by atoms with Crippen molar-refractivity contribution in [3.05, 3.63) is 23.8 Å². The van der Waals surface area contributed by atoms with E-state index >= 15 is 0 Å². The second-order valence-electron chi connectivity index (χ2n) is 9.09. The molecule has 2 fully saturated rings. The van der Waals surface area contributed by atoms with Crippen LogP contribution in [-0.2, 0) is 19.5 Å². The number of rotatable bonds is 5. The summed E-state index contributed by atoms with van der Waals surface area (Å²) in [6.07, 6.45) is 0.771. The van der Waals surface area contributed by atoms with E-state index in [2.05, 4.69) is 5.32 Å². The smallest absolute Gasteiger partial charge is 0.410 e. The van der Waals surface area contributed by atoms with Crippen LogP contribution in [0, 0.1) is 0 Å². The molecule has 0 radical (unpaired) electrons. The maximum Gasteiger partial charge on any atom is 0.410 e. The summed E-state index contributed by atoms with van der Waals surface area (Å²) < 4.78 is 43.3. The van der Waals surface area contributed by atoms with Gasteiger partial charge in [0.15, 0.2) is 0 Å². The predicted octanol–water partition coefficient (Wildman–Crippen LogP) is 1.85. The number of ether oxygens (including phenoxy) is 3. The topological polar surface area (TPSA) is 114 Å². The van der Waals surface area contributed by atoms with Gasteiger partial charge in [-0.3, -0.25) is 4.79 Å². The van der Waals surface area contributed by atoms with Crippen molar-refractivity contribution in [3.8, 4) is 5.75 Å². The summed E-state index contributed by atoms with van der Waals surface area (Å²) in [5, 5.41) is 2.95. The molecule has 0 unspecified atom stereocenters. The van der Waals surface area contributed by atoms with Gasteiger partial charge in [0.25, 0.3) is 5.91 Å². The van der Waals surface area contributed by atoms with Gasteiger partial charge in [-0.2, -0.15) is 4.31 Å². The Morgan fingerprint density at radius 2 is 1.73 bits per heavy atom. The Balaban J connectivity index is 1.67. The minimum Gasteiger partial charge on any atom is -0.496 e. The number of benzene rings is 1. The van der Waals surface area contributed by atoms with Crippen LogP contribution in [-0.4, -0.2) is 87.8 Å². The summed E-state index contributed by atoms with van der Waals surface area (Å²) in [6, 6.07) is 4.14. The van der Waals surface area contributed by atoms with Crippen molar-refractivity contribution < 1.29 is 32.2 Å². The van der Waals surface area contributed by atoms with E-state index in [0.29, 0.717) is 44.9 Å². The number of likely N-dealkylation sites (tertiary alicyclic amines) is 1. The molecule has 1 aromatic rings. The molecule has 0 saturated carbocycles. The summed E-state index contributed by atoms with van der Waals surface area (Å²) in [4.78, 5) is 26.9. The Morgan fingerprint density at radius 1 is 1.09 bits per heavy atom. The van der Waals surface area contributed by atoms with E-state index in [1.54, 1.807) is 4.90 Å². The third-order valence-electron chi connectivity index (χ3n) is 5.51. The first-order valence-electron chi connectivity index (χ1n) is 11.1. The van der Waals surface area contributed by atoms with Gasteiger partial charge in [-0.05, 0) is 51.8 Å². The van der Waals surface area contributed by atoms with Crippen molar-refractivity contribution in [2.75, 3.05) is 46.5 Å². The lowest BCUT2D eigenvalue weighted by Crippen LogP contribution is -2.47. The highest BCUT2D eigenvalue weighted by molar-refractivity contribution is 7.89.